The molecule has 3 heterocycles. The Balaban J connectivity index is 1.76. The van der Waals surface area contributed by atoms with E-state index in [-0.39, 0.29) is 0 Å². The van der Waals surface area contributed by atoms with E-state index in [0.717, 1.165) is 33.9 Å². The molecule has 5 aromatic rings. The summed E-state index contributed by atoms with van der Waals surface area (Å²) in [6, 6.07) is 18.6. The molecular formula is C23H20ClN4+. The predicted molar refractivity (Wildman–Crippen MR) is 115 cm³/mol. The van der Waals surface area contributed by atoms with Crippen LogP contribution in [0.15, 0.2) is 67.0 Å². The van der Waals surface area contributed by atoms with Gasteiger partial charge in [-0.15, -0.1) is 0 Å². The van der Waals surface area contributed by atoms with Crippen LogP contribution in [0.5, 0.6) is 0 Å². The maximum Gasteiger partial charge on any atom is 0.271 e. The first-order chi connectivity index (χ1) is 13.6. The predicted octanol–water partition coefficient (Wildman–Crippen LogP) is 5.92. The summed E-state index contributed by atoms with van der Waals surface area (Å²) in [7, 11) is 0. The lowest BCUT2D eigenvalue weighted by Crippen LogP contribution is -2.22. The molecule has 0 fully saturated rings. The molecule has 28 heavy (non-hydrogen) atoms. The summed E-state index contributed by atoms with van der Waals surface area (Å²) in [5.74, 6) is 0.953. The summed E-state index contributed by atoms with van der Waals surface area (Å²) >= 11 is 6.31. The van der Waals surface area contributed by atoms with Crippen molar-refractivity contribution < 1.29 is 4.40 Å². The number of benzene rings is 2. The second-order valence-corrected chi connectivity index (χ2v) is 7.58. The number of imidazole rings is 1. The third-order valence-electron chi connectivity index (χ3n) is 5.14. The molecule has 3 N–H and O–H groups in total. The molecule has 0 radical (unpaired) electrons. The number of pyridine rings is 1. The van der Waals surface area contributed by atoms with Gasteiger partial charge in [0.1, 0.15) is 0 Å². The Hall–Kier alpha value is -3.24. The van der Waals surface area contributed by atoms with Gasteiger partial charge in [-0.1, -0.05) is 47.5 Å². The average molecular weight is 388 g/mol. The van der Waals surface area contributed by atoms with Crippen LogP contribution in [0, 0.1) is 13.8 Å². The first-order valence-corrected chi connectivity index (χ1v) is 9.61. The molecule has 0 saturated carbocycles. The number of para-hydroxylation sites is 1. The molecule has 0 aliphatic carbocycles. The fourth-order valence-corrected chi connectivity index (χ4v) is 3.91. The van der Waals surface area contributed by atoms with E-state index in [9.17, 15) is 0 Å². The van der Waals surface area contributed by atoms with Crippen molar-refractivity contribution in [2.75, 3.05) is 5.32 Å². The Morgan fingerprint density at radius 3 is 2.71 bits per heavy atom. The minimum Gasteiger partial charge on any atom is -0.360 e. The minimum atomic E-state index is 0.686. The molecule has 0 aliphatic heterocycles. The number of H-pyrrole nitrogens is 2. The molecule has 0 amide bonds. The molecule has 2 aromatic carbocycles. The normalized spacial score (nSPS) is 11.4. The fraction of sp³-hybridized carbons (Fsp3) is 0.0870. The van der Waals surface area contributed by atoms with E-state index in [0.29, 0.717) is 5.02 Å². The van der Waals surface area contributed by atoms with Crippen LogP contribution < -0.4 is 9.72 Å². The van der Waals surface area contributed by atoms with Crippen LogP contribution in [0.25, 0.3) is 27.8 Å². The molecule has 3 aromatic heterocycles. The molecule has 0 bridgehead atoms. The number of rotatable bonds is 3. The molecule has 4 nitrogen and oxygen atoms in total. The zero-order chi connectivity index (χ0) is 19.3. The number of halogens is 1. The van der Waals surface area contributed by atoms with Crippen molar-refractivity contribution in [3.63, 3.8) is 0 Å². The van der Waals surface area contributed by atoms with Gasteiger partial charge < -0.3 is 4.98 Å². The van der Waals surface area contributed by atoms with E-state index < -0.39 is 0 Å². The molecular weight excluding hydrogens is 368 g/mol. The van der Waals surface area contributed by atoms with Crippen molar-refractivity contribution >= 4 is 39.7 Å². The maximum absolute atomic E-state index is 6.31. The molecule has 5 heteroatoms. The van der Waals surface area contributed by atoms with Crippen molar-refractivity contribution in [3.05, 3.63) is 83.1 Å². The number of nitrogens with zero attached hydrogens (tertiary/aromatic N) is 1. The Morgan fingerprint density at radius 1 is 1.00 bits per heavy atom. The summed E-state index contributed by atoms with van der Waals surface area (Å²) in [5, 5.41) is 5.49. The molecule has 0 atom stereocenters. The summed E-state index contributed by atoms with van der Waals surface area (Å²) in [6.45, 7) is 4.22. The number of anilines is 2. The summed E-state index contributed by atoms with van der Waals surface area (Å²) in [6.07, 6.45) is 3.97. The van der Waals surface area contributed by atoms with Gasteiger partial charge in [0.05, 0.1) is 16.9 Å². The van der Waals surface area contributed by atoms with E-state index >= 15 is 0 Å². The smallest absolute Gasteiger partial charge is 0.271 e. The second-order valence-electron chi connectivity index (χ2n) is 7.14. The first-order valence-electron chi connectivity index (χ1n) is 9.24. The average Bonchev–Trinajstić information content (AvgIpc) is 3.25. The highest BCUT2D eigenvalue weighted by Crippen LogP contribution is 2.34. The Labute approximate surface area is 167 Å². The number of hydrogen-bond acceptors (Lipinski definition) is 1. The quantitative estimate of drug-likeness (QED) is 0.331. The van der Waals surface area contributed by atoms with Gasteiger partial charge >= 0.3 is 0 Å². The van der Waals surface area contributed by atoms with Crippen LogP contribution in [0.1, 0.15) is 11.1 Å². The van der Waals surface area contributed by atoms with Gasteiger partial charge in [0, 0.05) is 28.7 Å². The molecule has 5 rings (SSSR count). The highest BCUT2D eigenvalue weighted by Gasteiger charge is 2.23. The van der Waals surface area contributed by atoms with Crippen molar-refractivity contribution in [3.8, 4) is 11.3 Å². The standard InChI is InChI=1S/C23H19ClN4/c1-14-7-9-19(15(2)11-14)26-23-22(27-21-10-8-16(24)13-28(21)23)18-12-25-20-6-4-3-5-17(18)20/h3-13,25-26H,1-2H3/p+1. The van der Waals surface area contributed by atoms with Crippen LogP contribution in [0.4, 0.5) is 11.5 Å². The van der Waals surface area contributed by atoms with Gasteiger partial charge in [0.15, 0.2) is 5.69 Å². The number of aryl methyl sites for hydroxylation is 2. The highest BCUT2D eigenvalue weighted by molar-refractivity contribution is 6.30. The summed E-state index contributed by atoms with van der Waals surface area (Å²) in [4.78, 5) is 6.93. The van der Waals surface area contributed by atoms with Crippen LogP contribution in [0.2, 0.25) is 5.02 Å². The van der Waals surface area contributed by atoms with Crippen LogP contribution in [-0.2, 0) is 0 Å². The van der Waals surface area contributed by atoms with Crippen LogP contribution >= 0.6 is 11.6 Å². The lowest BCUT2D eigenvalue weighted by atomic mass is 10.1. The third-order valence-corrected chi connectivity index (χ3v) is 5.36. The second kappa shape index (κ2) is 6.43. The maximum atomic E-state index is 6.31. The Morgan fingerprint density at radius 2 is 1.86 bits per heavy atom. The fourth-order valence-electron chi connectivity index (χ4n) is 3.75. The van der Waals surface area contributed by atoms with Gasteiger partial charge in [-0.25, -0.2) is 4.40 Å². The first kappa shape index (κ1) is 16.9. The highest BCUT2D eigenvalue weighted by atomic mass is 35.5. The third kappa shape index (κ3) is 2.74. The lowest BCUT2D eigenvalue weighted by molar-refractivity contribution is -0.493. The van der Waals surface area contributed by atoms with Crippen molar-refractivity contribution in [2.45, 2.75) is 13.8 Å². The minimum absolute atomic E-state index is 0.686. The van der Waals surface area contributed by atoms with Crippen molar-refractivity contribution in [1.29, 1.82) is 0 Å². The van der Waals surface area contributed by atoms with E-state index in [2.05, 4.69) is 69.9 Å². The Kier molecular flexibility index (Phi) is 3.88. The number of fused-ring (bicyclic) bond motifs is 2. The van der Waals surface area contributed by atoms with Crippen LogP contribution in [-0.4, -0.2) is 9.97 Å². The topological polar surface area (TPSA) is 47.7 Å². The molecule has 0 spiro atoms. The number of aromatic amines is 2. The Bertz CT molecular complexity index is 1330. The van der Waals surface area contributed by atoms with Gasteiger partial charge in [-0.05, 0) is 37.6 Å². The number of nitrogens with one attached hydrogen (secondary N) is 3. The van der Waals surface area contributed by atoms with Gasteiger partial charge in [-0.3, -0.25) is 10.3 Å². The van der Waals surface area contributed by atoms with E-state index in [1.165, 1.54) is 16.5 Å². The largest absolute Gasteiger partial charge is 0.360 e. The SMILES string of the molecule is Cc1ccc(Nc2c(-c3c[nH]c4ccccc34)[nH]c3ccc(Cl)c[n+]23)c(C)c1. The number of hydrogen-bond donors (Lipinski definition) is 3. The van der Waals surface area contributed by atoms with E-state index in [4.69, 9.17) is 11.6 Å². The summed E-state index contributed by atoms with van der Waals surface area (Å²) < 4.78 is 2.07. The number of aromatic nitrogens is 3. The van der Waals surface area contributed by atoms with Crippen LogP contribution in [0.3, 0.4) is 0 Å². The zero-order valence-corrected chi connectivity index (χ0v) is 16.4. The van der Waals surface area contributed by atoms with Gasteiger partial charge in [0.25, 0.3) is 5.82 Å². The van der Waals surface area contributed by atoms with Crippen molar-refractivity contribution in [1.82, 2.24) is 9.97 Å². The van der Waals surface area contributed by atoms with Gasteiger partial charge in [-0.2, -0.15) is 0 Å². The molecule has 0 aliphatic rings. The molecule has 0 saturated heterocycles. The molecule has 138 valence electrons. The van der Waals surface area contributed by atoms with Crippen molar-refractivity contribution in [2.24, 2.45) is 0 Å². The van der Waals surface area contributed by atoms with E-state index in [1.807, 2.05) is 30.6 Å². The summed E-state index contributed by atoms with van der Waals surface area (Å²) in [5.41, 5.74) is 7.72. The van der Waals surface area contributed by atoms with E-state index in [1.54, 1.807) is 0 Å². The lowest BCUT2D eigenvalue weighted by Gasteiger charge is -2.06. The van der Waals surface area contributed by atoms with Gasteiger partial charge in [0.2, 0.25) is 5.65 Å². The monoisotopic (exact) mass is 387 g/mol. The zero-order valence-electron chi connectivity index (χ0n) is 15.7. The molecule has 0 unspecified atom stereocenters.